The van der Waals surface area contributed by atoms with E-state index in [4.69, 9.17) is 0 Å². The van der Waals surface area contributed by atoms with Gasteiger partial charge in [-0.15, -0.1) is 0 Å². The van der Waals surface area contributed by atoms with Crippen molar-refractivity contribution in [2.75, 3.05) is 5.32 Å². The molecule has 6 nitrogen and oxygen atoms in total. The lowest BCUT2D eigenvalue weighted by molar-refractivity contribution is -0.384. The predicted molar refractivity (Wildman–Crippen MR) is 75.2 cm³/mol. The van der Waals surface area contributed by atoms with Crippen molar-refractivity contribution in [2.45, 2.75) is 19.6 Å². The van der Waals surface area contributed by atoms with E-state index in [0.29, 0.717) is 12.2 Å². The lowest BCUT2D eigenvalue weighted by Gasteiger charge is -2.08. The molecule has 0 atom stereocenters. The summed E-state index contributed by atoms with van der Waals surface area (Å²) in [4.78, 5) is 14.3. The molecular weight excluding hydrogens is 256 g/mol. The van der Waals surface area contributed by atoms with Crippen LogP contribution in [0.3, 0.4) is 0 Å². The second kappa shape index (κ2) is 5.26. The molecule has 1 aliphatic heterocycles. The summed E-state index contributed by atoms with van der Waals surface area (Å²) >= 11 is 0. The predicted octanol–water partition coefficient (Wildman–Crippen LogP) is 2.21. The first kappa shape index (κ1) is 12.6. The van der Waals surface area contributed by atoms with Gasteiger partial charge in [0.15, 0.2) is 0 Å². The fourth-order valence-corrected chi connectivity index (χ4v) is 2.34. The molecule has 2 aromatic rings. The molecule has 0 bridgehead atoms. The lowest BCUT2D eigenvalue weighted by atomic mass is 10.1. The molecule has 2 heterocycles. The third-order valence-corrected chi connectivity index (χ3v) is 3.38. The smallest absolute Gasteiger partial charge is 0.310 e. The van der Waals surface area contributed by atoms with Crippen LogP contribution in [-0.4, -0.2) is 9.91 Å². The van der Waals surface area contributed by atoms with Gasteiger partial charge >= 0.3 is 5.69 Å². The normalized spacial score (nSPS) is 13.0. The maximum Gasteiger partial charge on any atom is 0.310 e. The van der Waals surface area contributed by atoms with Crippen LogP contribution in [0.4, 0.5) is 11.4 Å². The quantitative estimate of drug-likeness (QED) is 0.657. The molecule has 1 aromatic heterocycles. The van der Waals surface area contributed by atoms with Gasteiger partial charge in [0.1, 0.15) is 11.9 Å². The number of fused-ring (bicyclic) bond motifs is 1. The van der Waals surface area contributed by atoms with Crippen LogP contribution >= 0.6 is 0 Å². The lowest BCUT2D eigenvalue weighted by Crippen LogP contribution is -2.03. The third kappa shape index (κ3) is 2.46. The monoisotopic (exact) mass is 270 g/mol. The third-order valence-electron chi connectivity index (χ3n) is 3.38. The molecule has 0 saturated heterocycles. The molecule has 0 fully saturated rings. The molecule has 20 heavy (non-hydrogen) atoms. The summed E-state index contributed by atoms with van der Waals surface area (Å²) in [7, 11) is 0. The van der Waals surface area contributed by atoms with Crippen molar-refractivity contribution in [3.63, 3.8) is 0 Å². The average molecular weight is 270 g/mol. The Morgan fingerprint density at radius 3 is 3.00 bits per heavy atom. The van der Waals surface area contributed by atoms with E-state index >= 15 is 0 Å². The van der Waals surface area contributed by atoms with Crippen molar-refractivity contribution >= 4 is 11.4 Å². The summed E-state index contributed by atoms with van der Waals surface area (Å²) < 4.78 is 0. The highest BCUT2D eigenvalue weighted by molar-refractivity contribution is 5.59. The summed E-state index contributed by atoms with van der Waals surface area (Å²) in [6.07, 6.45) is 2.80. The molecule has 0 radical (unpaired) electrons. The molecule has 6 heteroatoms. The zero-order valence-corrected chi connectivity index (χ0v) is 10.8. The summed E-state index contributed by atoms with van der Waals surface area (Å²) in [5.41, 5.74) is 4.22. The van der Waals surface area contributed by atoms with E-state index in [1.54, 1.807) is 12.3 Å². The van der Waals surface area contributed by atoms with E-state index in [-0.39, 0.29) is 5.69 Å². The van der Waals surface area contributed by atoms with E-state index in [9.17, 15) is 10.1 Å². The number of aromatic nitrogens is 1. The van der Waals surface area contributed by atoms with Gasteiger partial charge in [-0.1, -0.05) is 18.2 Å². The molecule has 0 spiro atoms. The van der Waals surface area contributed by atoms with Gasteiger partial charge in [0.25, 0.3) is 0 Å². The summed E-state index contributed by atoms with van der Waals surface area (Å²) in [6.45, 7) is 2.36. The average Bonchev–Trinajstić information content (AvgIpc) is 2.92. The molecule has 1 aromatic carbocycles. The molecule has 0 saturated carbocycles. The minimum absolute atomic E-state index is 0.00433. The summed E-state index contributed by atoms with van der Waals surface area (Å²) in [5, 5.41) is 17.3. The zero-order valence-electron chi connectivity index (χ0n) is 10.8. The number of rotatable bonds is 4. The minimum atomic E-state index is -0.429. The molecule has 1 aliphatic rings. The number of hydrogen-bond acceptors (Lipinski definition) is 5. The summed E-state index contributed by atoms with van der Waals surface area (Å²) in [6, 6.07) is 7.90. The number of anilines is 1. The molecule has 0 amide bonds. The van der Waals surface area contributed by atoms with E-state index in [0.717, 1.165) is 18.7 Å². The van der Waals surface area contributed by atoms with E-state index < -0.39 is 4.92 Å². The van der Waals surface area contributed by atoms with Gasteiger partial charge in [-0.3, -0.25) is 15.1 Å². The Labute approximate surface area is 116 Å². The fourth-order valence-electron chi connectivity index (χ4n) is 2.34. The molecule has 0 aliphatic carbocycles. The Bertz CT molecular complexity index is 657. The SMILES string of the molecule is O=[N+]([O-])c1cnccc1NCc1ccc2c(c1)CNC2. The van der Waals surface area contributed by atoms with Crippen molar-refractivity contribution in [1.82, 2.24) is 10.3 Å². The van der Waals surface area contributed by atoms with E-state index in [2.05, 4.69) is 27.8 Å². The molecule has 0 unspecified atom stereocenters. The van der Waals surface area contributed by atoms with Gasteiger partial charge in [-0.25, -0.2) is 0 Å². The Kier molecular flexibility index (Phi) is 3.30. The van der Waals surface area contributed by atoms with E-state index in [1.165, 1.54) is 17.3 Å². The van der Waals surface area contributed by atoms with Gasteiger partial charge in [0.05, 0.1) is 4.92 Å². The molecular formula is C14H14N4O2. The number of nitro groups is 1. The minimum Gasteiger partial charge on any atom is -0.375 e. The van der Waals surface area contributed by atoms with Crippen LogP contribution in [0.1, 0.15) is 16.7 Å². The Hall–Kier alpha value is -2.47. The number of benzene rings is 1. The van der Waals surface area contributed by atoms with Crippen molar-refractivity contribution in [2.24, 2.45) is 0 Å². The Balaban J connectivity index is 1.75. The highest BCUT2D eigenvalue weighted by Gasteiger charge is 2.13. The van der Waals surface area contributed by atoms with Gasteiger partial charge in [-0.2, -0.15) is 0 Å². The first-order chi connectivity index (χ1) is 9.74. The van der Waals surface area contributed by atoms with E-state index in [1.807, 2.05) is 6.07 Å². The van der Waals surface area contributed by atoms with Gasteiger partial charge in [-0.05, 0) is 22.8 Å². The Morgan fingerprint density at radius 1 is 1.30 bits per heavy atom. The van der Waals surface area contributed by atoms with Crippen molar-refractivity contribution in [1.29, 1.82) is 0 Å². The topological polar surface area (TPSA) is 80.1 Å². The standard InChI is InChI=1S/C14H14N4O2/c19-18(20)14-9-15-4-3-13(14)17-6-10-1-2-11-7-16-8-12(11)5-10/h1-5,9,16H,6-8H2,(H,15,17). The second-order valence-electron chi connectivity index (χ2n) is 4.71. The number of nitrogens with one attached hydrogen (secondary N) is 2. The second-order valence-corrected chi connectivity index (χ2v) is 4.71. The fraction of sp³-hybridized carbons (Fsp3) is 0.214. The molecule has 102 valence electrons. The van der Waals surface area contributed by atoms with Gasteiger partial charge in [0, 0.05) is 25.8 Å². The van der Waals surface area contributed by atoms with Crippen molar-refractivity contribution in [3.05, 3.63) is 63.5 Å². The number of pyridine rings is 1. The van der Waals surface area contributed by atoms with Crippen molar-refractivity contribution in [3.8, 4) is 0 Å². The van der Waals surface area contributed by atoms with Crippen LogP contribution in [0, 0.1) is 10.1 Å². The molecule has 3 rings (SSSR count). The largest absolute Gasteiger partial charge is 0.375 e. The maximum atomic E-state index is 10.9. The van der Waals surface area contributed by atoms with Crippen LogP contribution in [-0.2, 0) is 19.6 Å². The van der Waals surface area contributed by atoms with Gasteiger partial charge < -0.3 is 10.6 Å². The van der Waals surface area contributed by atoms with Crippen LogP contribution in [0.5, 0.6) is 0 Å². The van der Waals surface area contributed by atoms with Gasteiger partial charge in [0.2, 0.25) is 0 Å². The highest BCUT2D eigenvalue weighted by Crippen LogP contribution is 2.23. The number of nitrogens with zero attached hydrogens (tertiary/aromatic N) is 2. The first-order valence-corrected chi connectivity index (χ1v) is 6.38. The Morgan fingerprint density at radius 2 is 2.15 bits per heavy atom. The first-order valence-electron chi connectivity index (χ1n) is 6.38. The van der Waals surface area contributed by atoms with Crippen LogP contribution in [0.2, 0.25) is 0 Å². The number of hydrogen-bond donors (Lipinski definition) is 2. The zero-order chi connectivity index (χ0) is 13.9. The van der Waals surface area contributed by atoms with Crippen molar-refractivity contribution < 1.29 is 4.92 Å². The van der Waals surface area contributed by atoms with Crippen LogP contribution in [0.25, 0.3) is 0 Å². The summed E-state index contributed by atoms with van der Waals surface area (Å²) in [5.74, 6) is 0. The van der Waals surface area contributed by atoms with Crippen LogP contribution in [0.15, 0.2) is 36.7 Å². The highest BCUT2D eigenvalue weighted by atomic mass is 16.6. The molecule has 2 N–H and O–H groups in total. The maximum absolute atomic E-state index is 10.9. The van der Waals surface area contributed by atoms with Crippen LogP contribution < -0.4 is 10.6 Å².